The zero-order valence-corrected chi connectivity index (χ0v) is 9.88. The number of aliphatic hydroxyl groups excluding tert-OH is 1. The largest absolute Gasteiger partial charge is 0.392 e. The lowest BCUT2D eigenvalue weighted by atomic mass is 9.91. The van der Waals surface area contributed by atoms with Crippen molar-refractivity contribution in [1.29, 1.82) is 5.26 Å². The summed E-state index contributed by atoms with van der Waals surface area (Å²) < 4.78 is 0. The van der Waals surface area contributed by atoms with Crippen molar-refractivity contribution < 1.29 is 5.11 Å². The number of aliphatic hydroxyl groups is 1. The van der Waals surface area contributed by atoms with E-state index in [2.05, 4.69) is 18.2 Å². The van der Waals surface area contributed by atoms with Crippen LogP contribution < -0.4 is 0 Å². The van der Waals surface area contributed by atoms with Crippen LogP contribution in [-0.4, -0.2) is 11.2 Å². The molecule has 0 bridgehead atoms. The highest BCUT2D eigenvalue weighted by Gasteiger charge is 2.31. The Morgan fingerprint density at radius 3 is 2.50 bits per heavy atom. The lowest BCUT2D eigenvalue weighted by molar-refractivity contribution is 0.169. The molecule has 0 saturated carbocycles. The first-order chi connectivity index (χ1) is 8.79. The number of hydrogen-bond donors (Lipinski definition) is 1. The Bertz CT molecular complexity index is 610. The monoisotopic (exact) mass is 235 g/mol. The predicted octanol–water partition coefficient (Wildman–Crippen LogP) is 2.61. The van der Waals surface area contributed by atoms with Crippen LogP contribution in [-0.2, 0) is 6.42 Å². The fourth-order valence-electron chi connectivity index (χ4n) is 2.74. The van der Waals surface area contributed by atoms with Gasteiger partial charge in [-0.05, 0) is 35.2 Å². The molecule has 0 aliphatic heterocycles. The molecule has 88 valence electrons. The predicted molar refractivity (Wildman–Crippen MR) is 69.2 cm³/mol. The van der Waals surface area contributed by atoms with Crippen LogP contribution in [0, 0.1) is 11.3 Å². The van der Waals surface area contributed by atoms with Crippen LogP contribution in [0.2, 0.25) is 0 Å². The van der Waals surface area contributed by atoms with Crippen molar-refractivity contribution in [1.82, 2.24) is 0 Å². The molecular weight excluding hydrogens is 222 g/mol. The van der Waals surface area contributed by atoms with Crippen LogP contribution >= 0.6 is 0 Å². The van der Waals surface area contributed by atoms with Crippen LogP contribution in [0.1, 0.15) is 28.2 Å². The van der Waals surface area contributed by atoms with Gasteiger partial charge in [-0.25, -0.2) is 0 Å². The van der Waals surface area contributed by atoms with Crippen molar-refractivity contribution in [3.05, 3.63) is 70.8 Å². The quantitative estimate of drug-likeness (QED) is 0.825. The lowest BCUT2D eigenvalue weighted by Gasteiger charge is -2.16. The van der Waals surface area contributed by atoms with E-state index < -0.39 is 0 Å². The van der Waals surface area contributed by atoms with Crippen LogP contribution in [0.15, 0.2) is 48.5 Å². The maximum absolute atomic E-state index is 10.2. The summed E-state index contributed by atoms with van der Waals surface area (Å²) in [5, 5.41) is 19.0. The van der Waals surface area contributed by atoms with E-state index >= 15 is 0 Å². The molecule has 3 rings (SSSR count). The Morgan fingerprint density at radius 1 is 1.06 bits per heavy atom. The molecular formula is C16H13NO. The molecule has 0 amide bonds. The van der Waals surface area contributed by atoms with Crippen molar-refractivity contribution in [3.63, 3.8) is 0 Å². The first-order valence-corrected chi connectivity index (χ1v) is 6.05. The summed E-state index contributed by atoms with van der Waals surface area (Å²) in [7, 11) is 0. The minimum atomic E-state index is -0.365. The number of fused-ring (bicyclic) bond motifs is 1. The molecule has 1 N–H and O–H groups in total. The molecule has 0 saturated heterocycles. The van der Waals surface area contributed by atoms with E-state index in [4.69, 9.17) is 5.26 Å². The Hall–Kier alpha value is -2.11. The minimum absolute atomic E-state index is 0.0361. The number of nitriles is 1. The van der Waals surface area contributed by atoms with E-state index in [1.807, 2.05) is 36.4 Å². The second-order valence-corrected chi connectivity index (χ2v) is 4.68. The van der Waals surface area contributed by atoms with E-state index in [9.17, 15) is 5.11 Å². The molecule has 2 aromatic rings. The summed E-state index contributed by atoms with van der Waals surface area (Å²) >= 11 is 0. The Labute approximate surface area is 106 Å². The first kappa shape index (κ1) is 11.0. The zero-order chi connectivity index (χ0) is 12.5. The second kappa shape index (κ2) is 4.29. The SMILES string of the molecule is N#Cc1ccc([C@H]2c3ccccc3C[C@H]2O)cc1. The molecule has 0 spiro atoms. The van der Waals surface area contributed by atoms with Gasteiger partial charge < -0.3 is 5.11 Å². The van der Waals surface area contributed by atoms with Crippen molar-refractivity contribution in [3.8, 4) is 6.07 Å². The molecule has 18 heavy (non-hydrogen) atoms. The molecule has 2 aromatic carbocycles. The minimum Gasteiger partial charge on any atom is -0.392 e. The third-order valence-electron chi connectivity index (χ3n) is 3.60. The van der Waals surface area contributed by atoms with Gasteiger partial charge in [0.15, 0.2) is 0 Å². The second-order valence-electron chi connectivity index (χ2n) is 4.68. The molecule has 0 unspecified atom stereocenters. The maximum Gasteiger partial charge on any atom is 0.0991 e. The third kappa shape index (κ3) is 1.70. The highest BCUT2D eigenvalue weighted by atomic mass is 16.3. The first-order valence-electron chi connectivity index (χ1n) is 6.05. The molecule has 2 heteroatoms. The number of rotatable bonds is 1. The van der Waals surface area contributed by atoms with Crippen molar-refractivity contribution in [2.45, 2.75) is 18.4 Å². The highest BCUT2D eigenvalue weighted by molar-refractivity contribution is 5.45. The molecule has 1 aliphatic rings. The van der Waals surface area contributed by atoms with Gasteiger partial charge in [0.2, 0.25) is 0 Å². The van der Waals surface area contributed by atoms with Gasteiger partial charge in [-0.3, -0.25) is 0 Å². The Morgan fingerprint density at radius 2 is 1.78 bits per heavy atom. The average molecular weight is 235 g/mol. The van der Waals surface area contributed by atoms with Crippen molar-refractivity contribution in [2.24, 2.45) is 0 Å². The van der Waals surface area contributed by atoms with Gasteiger partial charge in [0, 0.05) is 5.92 Å². The van der Waals surface area contributed by atoms with Crippen molar-refractivity contribution >= 4 is 0 Å². The number of nitrogens with zero attached hydrogens (tertiary/aromatic N) is 1. The van der Waals surface area contributed by atoms with Gasteiger partial charge in [-0.1, -0.05) is 36.4 Å². The smallest absolute Gasteiger partial charge is 0.0991 e. The fourth-order valence-corrected chi connectivity index (χ4v) is 2.74. The molecule has 1 aliphatic carbocycles. The van der Waals surface area contributed by atoms with Crippen LogP contribution in [0.3, 0.4) is 0 Å². The highest BCUT2D eigenvalue weighted by Crippen LogP contribution is 2.38. The van der Waals surface area contributed by atoms with Crippen LogP contribution in [0.5, 0.6) is 0 Å². The van der Waals surface area contributed by atoms with Gasteiger partial charge in [-0.15, -0.1) is 0 Å². The molecule has 2 atom stereocenters. The maximum atomic E-state index is 10.2. The summed E-state index contributed by atoms with van der Waals surface area (Å²) in [4.78, 5) is 0. The molecule has 0 fully saturated rings. The van der Waals surface area contributed by atoms with E-state index in [0.29, 0.717) is 12.0 Å². The standard InChI is InChI=1S/C16H13NO/c17-10-11-5-7-12(8-6-11)16-14-4-2-1-3-13(14)9-15(16)18/h1-8,15-16,18H,9H2/t15-,16+/m1/s1. The van der Waals surface area contributed by atoms with E-state index in [1.165, 1.54) is 11.1 Å². The normalized spacial score (nSPS) is 21.3. The summed E-state index contributed by atoms with van der Waals surface area (Å²) in [6, 6.07) is 17.8. The number of hydrogen-bond acceptors (Lipinski definition) is 2. The van der Waals surface area contributed by atoms with Crippen LogP contribution in [0.4, 0.5) is 0 Å². The average Bonchev–Trinajstić information content (AvgIpc) is 2.75. The summed E-state index contributed by atoms with van der Waals surface area (Å²) in [6.07, 6.45) is 0.344. The van der Waals surface area contributed by atoms with Gasteiger partial charge in [0.1, 0.15) is 0 Å². The number of benzene rings is 2. The van der Waals surface area contributed by atoms with Gasteiger partial charge in [-0.2, -0.15) is 5.26 Å². The van der Waals surface area contributed by atoms with E-state index in [0.717, 1.165) is 5.56 Å². The zero-order valence-electron chi connectivity index (χ0n) is 9.88. The Balaban J connectivity index is 2.04. The lowest BCUT2D eigenvalue weighted by Crippen LogP contribution is -2.14. The Kier molecular flexibility index (Phi) is 2.62. The molecule has 0 radical (unpaired) electrons. The van der Waals surface area contributed by atoms with Crippen LogP contribution in [0.25, 0.3) is 0 Å². The van der Waals surface area contributed by atoms with Crippen molar-refractivity contribution in [2.75, 3.05) is 0 Å². The van der Waals surface area contributed by atoms with Gasteiger partial charge in [0.05, 0.1) is 17.7 Å². The van der Waals surface area contributed by atoms with E-state index in [1.54, 1.807) is 0 Å². The molecule has 0 heterocycles. The van der Waals surface area contributed by atoms with E-state index in [-0.39, 0.29) is 12.0 Å². The van der Waals surface area contributed by atoms with Gasteiger partial charge in [0.25, 0.3) is 0 Å². The third-order valence-corrected chi connectivity index (χ3v) is 3.60. The summed E-state index contributed by atoms with van der Waals surface area (Å²) in [5.41, 5.74) is 4.15. The molecule has 2 nitrogen and oxygen atoms in total. The fraction of sp³-hybridized carbons (Fsp3) is 0.188. The molecule has 0 aromatic heterocycles. The summed E-state index contributed by atoms with van der Waals surface area (Å²) in [5.74, 6) is 0.0361. The topological polar surface area (TPSA) is 44.0 Å². The van der Waals surface area contributed by atoms with Gasteiger partial charge >= 0.3 is 0 Å². The summed E-state index contributed by atoms with van der Waals surface area (Å²) in [6.45, 7) is 0.